The summed E-state index contributed by atoms with van der Waals surface area (Å²) >= 11 is 0. The maximum absolute atomic E-state index is 12.7. The summed E-state index contributed by atoms with van der Waals surface area (Å²) in [5.41, 5.74) is 1.10. The van der Waals surface area contributed by atoms with Crippen molar-refractivity contribution in [3.63, 3.8) is 0 Å². The zero-order valence-corrected chi connectivity index (χ0v) is 19.4. The van der Waals surface area contributed by atoms with Gasteiger partial charge in [0.15, 0.2) is 5.96 Å². The summed E-state index contributed by atoms with van der Waals surface area (Å²) in [6.45, 7) is 8.08. The molecular weight excluding hydrogens is 394 g/mol. The van der Waals surface area contributed by atoms with Crippen LogP contribution in [-0.2, 0) is 11.2 Å². The van der Waals surface area contributed by atoms with Crippen LogP contribution in [0.5, 0.6) is 11.5 Å². The topological polar surface area (TPSA) is 69.6 Å². The van der Waals surface area contributed by atoms with Crippen molar-refractivity contribution in [2.24, 2.45) is 4.99 Å². The molecule has 0 aliphatic carbocycles. The fourth-order valence-electron chi connectivity index (χ4n) is 4.40. The number of guanidine groups is 1. The number of nitrogens with one attached hydrogen (secondary N) is 1. The molecule has 2 heterocycles. The Bertz CT molecular complexity index is 756. The van der Waals surface area contributed by atoms with Gasteiger partial charge in [-0.05, 0) is 49.9 Å². The van der Waals surface area contributed by atoms with Crippen LogP contribution in [-0.4, -0.2) is 99.7 Å². The molecule has 0 bridgehead atoms. The monoisotopic (exact) mass is 431 g/mol. The number of piperazine rings is 1. The molecule has 31 heavy (non-hydrogen) atoms. The summed E-state index contributed by atoms with van der Waals surface area (Å²) in [5.74, 6) is 2.87. The van der Waals surface area contributed by atoms with E-state index in [0.717, 1.165) is 88.1 Å². The van der Waals surface area contributed by atoms with Crippen molar-refractivity contribution in [3.05, 3.63) is 23.8 Å². The number of aliphatic imine (C=N–C) groups is 1. The Morgan fingerprint density at radius 3 is 2.39 bits per heavy atom. The first-order chi connectivity index (χ1) is 15.1. The molecule has 0 aromatic heterocycles. The van der Waals surface area contributed by atoms with Gasteiger partial charge in [0.25, 0.3) is 0 Å². The Kier molecular flexibility index (Phi) is 8.40. The highest BCUT2D eigenvalue weighted by Gasteiger charge is 2.30. The smallest absolute Gasteiger partial charge is 0.239 e. The van der Waals surface area contributed by atoms with Crippen LogP contribution in [0.3, 0.4) is 0 Å². The van der Waals surface area contributed by atoms with Gasteiger partial charge >= 0.3 is 0 Å². The number of likely N-dealkylation sites (tertiary alicyclic amines) is 1. The number of benzene rings is 1. The standard InChI is InChI=1S/C23H37N5O3/c1-18(22(29)27-11-5-6-12-27)26-13-15-28(16-14-26)23(24-2)25-10-9-19-17-20(30-3)7-8-21(19)31-4/h7-8,17-18H,5-6,9-16H2,1-4H3,(H,24,25). The predicted octanol–water partition coefficient (Wildman–Crippen LogP) is 1.45. The molecular formula is C23H37N5O3. The van der Waals surface area contributed by atoms with Crippen molar-refractivity contribution in [3.8, 4) is 11.5 Å². The lowest BCUT2D eigenvalue weighted by Crippen LogP contribution is -2.57. The predicted molar refractivity (Wildman–Crippen MR) is 123 cm³/mol. The van der Waals surface area contributed by atoms with Crippen molar-refractivity contribution in [1.82, 2.24) is 20.0 Å². The maximum atomic E-state index is 12.7. The minimum absolute atomic E-state index is 0.0456. The SMILES string of the molecule is CN=C(NCCc1cc(OC)ccc1OC)N1CCN(C(C)C(=O)N2CCCC2)CC1. The van der Waals surface area contributed by atoms with Gasteiger partial charge in [-0.2, -0.15) is 0 Å². The minimum Gasteiger partial charge on any atom is -0.497 e. The zero-order valence-electron chi connectivity index (χ0n) is 19.4. The first kappa shape index (κ1) is 23.2. The van der Waals surface area contributed by atoms with E-state index in [4.69, 9.17) is 9.47 Å². The van der Waals surface area contributed by atoms with Crippen molar-refractivity contribution in [1.29, 1.82) is 0 Å². The van der Waals surface area contributed by atoms with Gasteiger partial charge in [-0.25, -0.2) is 0 Å². The second-order valence-corrected chi connectivity index (χ2v) is 8.13. The first-order valence-corrected chi connectivity index (χ1v) is 11.3. The highest BCUT2D eigenvalue weighted by Crippen LogP contribution is 2.24. The van der Waals surface area contributed by atoms with Crippen molar-refractivity contribution >= 4 is 11.9 Å². The first-order valence-electron chi connectivity index (χ1n) is 11.3. The molecule has 0 radical (unpaired) electrons. The van der Waals surface area contributed by atoms with Crippen molar-refractivity contribution in [2.45, 2.75) is 32.2 Å². The molecule has 1 aromatic rings. The number of carbonyl (C=O) groups excluding carboxylic acids is 1. The fraction of sp³-hybridized carbons (Fsp3) is 0.652. The van der Waals surface area contributed by atoms with Gasteiger partial charge in [0.05, 0.1) is 20.3 Å². The molecule has 8 heteroatoms. The van der Waals surface area contributed by atoms with Crippen LogP contribution in [0.2, 0.25) is 0 Å². The van der Waals surface area contributed by atoms with Gasteiger partial charge in [0.2, 0.25) is 5.91 Å². The molecule has 2 aliphatic heterocycles. The van der Waals surface area contributed by atoms with Gasteiger partial charge in [-0.15, -0.1) is 0 Å². The molecule has 172 valence electrons. The van der Waals surface area contributed by atoms with Crippen molar-refractivity contribution < 1.29 is 14.3 Å². The van der Waals surface area contributed by atoms with E-state index in [1.165, 1.54) is 0 Å². The van der Waals surface area contributed by atoms with E-state index in [-0.39, 0.29) is 11.9 Å². The summed E-state index contributed by atoms with van der Waals surface area (Å²) in [4.78, 5) is 23.8. The van der Waals surface area contributed by atoms with E-state index in [1.54, 1.807) is 14.2 Å². The van der Waals surface area contributed by atoms with Crippen LogP contribution >= 0.6 is 0 Å². The third-order valence-electron chi connectivity index (χ3n) is 6.31. The fourth-order valence-corrected chi connectivity index (χ4v) is 4.40. The van der Waals surface area contributed by atoms with E-state index in [0.29, 0.717) is 0 Å². The molecule has 1 atom stereocenters. The van der Waals surface area contributed by atoms with Crippen LogP contribution in [0, 0.1) is 0 Å². The summed E-state index contributed by atoms with van der Waals surface area (Å²) in [6.07, 6.45) is 3.08. The summed E-state index contributed by atoms with van der Waals surface area (Å²) in [5, 5.41) is 3.47. The second kappa shape index (κ2) is 11.2. The zero-order chi connectivity index (χ0) is 22.2. The highest BCUT2D eigenvalue weighted by molar-refractivity contribution is 5.82. The van der Waals surface area contributed by atoms with Crippen LogP contribution in [0.25, 0.3) is 0 Å². The number of carbonyl (C=O) groups is 1. The number of ether oxygens (including phenoxy) is 2. The summed E-state index contributed by atoms with van der Waals surface area (Å²) in [7, 11) is 5.18. The summed E-state index contributed by atoms with van der Waals surface area (Å²) in [6, 6.07) is 5.81. The molecule has 0 spiro atoms. The molecule has 1 amide bonds. The van der Waals surface area contributed by atoms with Crippen LogP contribution in [0.1, 0.15) is 25.3 Å². The lowest BCUT2D eigenvalue weighted by Gasteiger charge is -2.39. The Hall–Kier alpha value is -2.48. The minimum atomic E-state index is -0.0456. The number of nitrogens with zero attached hydrogens (tertiary/aromatic N) is 4. The number of hydrogen-bond acceptors (Lipinski definition) is 5. The lowest BCUT2D eigenvalue weighted by molar-refractivity contribution is -0.135. The van der Waals surface area contributed by atoms with Crippen LogP contribution < -0.4 is 14.8 Å². The third-order valence-corrected chi connectivity index (χ3v) is 6.31. The van der Waals surface area contributed by atoms with E-state index < -0.39 is 0 Å². The van der Waals surface area contributed by atoms with Gasteiger partial charge in [-0.3, -0.25) is 14.7 Å². The van der Waals surface area contributed by atoms with Gasteiger partial charge < -0.3 is 24.6 Å². The van der Waals surface area contributed by atoms with E-state index in [9.17, 15) is 4.79 Å². The molecule has 2 aliphatic rings. The normalized spacial score (nSPS) is 18.8. The second-order valence-electron chi connectivity index (χ2n) is 8.13. The maximum Gasteiger partial charge on any atom is 0.239 e. The van der Waals surface area contributed by atoms with Gasteiger partial charge in [-0.1, -0.05) is 0 Å². The van der Waals surface area contributed by atoms with Crippen LogP contribution in [0.4, 0.5) is 0 Å². The largest absolute Gasteiger partial charge is 0.497 e. The lowest BCUT2D eigenvalue weighted by atomic mass is 10.1. The molecule has 1 aromatic carbocycles. The van der Waals surface area contributed by atoms with E-state index in [1.807, 2.05) is 37.1 Å². The molecule has 3 rings (SSSR count). The quantitative estimate of drug-likeness (QED) is 0.521. The summed E-state index contributed by atoms with van der Waals surface area (Å²) < 4.78 is 10.8. The third kappa shape index (κ3) is 5.81. The average molecular weight is 432 g/mol. The number of rotatable bonds is 7. The molecule has 1 unspecified atom stereocenters. The number of hydrogen-bond donors (Lipinski definition) is 1. The van der Waals surface area contributed by atoms with Crippen LogP contribution in [0.15, 0.2) is 23.2 Å². The van der Waals surface area contributed by atoms with Gasteiger partial charge in [0, 0.05) is 52.9 Å². The Morgan fingerprint density at radius 2 is 1.77 bits per heavy atom. The Morgan fingerprint density at radius 1 is 1.06 bits per heavy atom. The Balaban J connectivity index is 1.48. The number of amides is 1. The van der Waals surface area contributed by atoms with E-state index in [2.05, 4.69) is 20.1 Å². The molecule has 8 nitrogen and oxygen atoms in total. The molecule has 0 saturated carbocycles. The molecule has 2 fully saturated rings. The van der Waals surface area contributed by atoms with Gasteiger partial charge in [0.1, 0.15) is 11.5 Å². The highest BCUT2D eigenvalue weighted by atomic mass is 16.5. The molecule has 1 N–H and O–H groups in total. The van der Waals surface area contributed by atoms with E-state index >= 15 is 0 Å². The van der Waals surface area contributed by atoms with Crippen molar-refractivity contribution in [2.75, 3.05) is 67.1 Å². The average Bonchev–Trinajstić information content (AvgIpc) is 3.36. The number of methoxy groups -OCH3 is 2. The Labute approximate surface area is 186 Å². The molecule has 2 saturated heterocycles.